The molecule has 0 spiro atoms. The lowest BCUT2D eigenvalue weighted by atomic mass is 10.2. The molecule has 1 atom stereocenters. The van der Waals surface area contributed by atoms with E-state index in [0.29, 0.717) is 23.1 Å². The van der Waals surface area contributed by atoms with Crippen molar-refractivity contribution in [3.8, 4) is 0 Å². The number of carbonyl (C=O) groups excluding carboxylic acids is 1. The Morgan fingerprint density at radius 3 is 2.78 bits per heavy atom. The fraction of sp³-hybridized carbons (Fsp3) is 0.364. The zero-order valence-corrected chi connectivity index (χ0v) is 11.1. The Kier molecular flexibility index (Phi) is 3.63. The lowest BCUT2D eigenvalue weighted by molar-refractivity contribution is -0.385. The van der Waals surface area contributed by atoms with Gasteiger partial charge in [0.15, 0.2) is 0 Å². The summed E-state index contributed by atoms with van der Waals surface area (Å²) in [6, 6.07) is 4.24. The van der Waals surface area contributed by atoms with E-state index in [0.717, 1.165) is 6.42 Å². The largest absolute Gasteiger partial charge is 0.337 e. The van der Waals surface area contributed by atoms with Crippen LogP contribution in [0, 0.1) is 10.1 Å². The Balaban J connectivity index is 2.27. The minimum Gasteiger partial charge on any atom is -0.337 e. The molecule has 0 aliphatic carbocycles. The normalized spacial score (nSPS) is 19.0. The number of rotatable bonds is 2. The van der Waals surface area contributed by atoms with Crippen molar-refractivity contribution in [3.05, 3.63) is 38.3 Å². The molecule has 1 aliphatic rings. The average molecular weight is 314 g/mol. The van der Waals surface area contributed by atoms with Crippen LogP contribution < -0.4 is 5.73 Å². The van der Waals surface area contributed by atoms with Crippen molar-refractivity contribution in [1.82, 2.24) is 4.90 Å². The third kappa shape index (κ3) is 2.68. The van der Waals surface area contributed by atoms with Crippen LogP contribution >= 0.6 is 15.9 Å². The number of nitro benzene ring substituents is 1. The quantitative estimate of drug-likeness (QED) is 0.662. The van der Waals surface area contributed by atoms with Crippen molar-refractivity contribution in [2.45, 2.75) is 12.5 Å². The maximum Gasteiger partial charge on any atom is 0.271 e. The molecule has 96 valence electrons. The molecule has 0 unspecified atom stereocenters. The molecule has 2 N–H and O–H groups in total. The van der Waals surface area contributed by atoms with E-state index >= 15 is 0 Å². The Morgan fingerprint density at radius 1 is 1.50 bits per heavy atom. The number of halogens is 1. The molecule has 0 radical (unpaired) electrons. The van der Waals surface area contributed by atoms with Crippen LogP contribution in [0.5, 0.6) is 0 Å². The highest BCUT2D eigenvalue weighted by Crippen LogP contribution is 2.23. The van der Waals surface area contributed by atoms with Crippen LogP contribution in [0.15, 0.2) is 22.7 Å². The molecule has 1 fully saturated rings. The van der Waals surface area contributed by atoms with Gasteiger partial charge < -0.3 is 10.6 Å². The molecule has 1 amide bonds. The highest BCUT2D eigenvalue weighted by molar-refractivity contribution is 9.10. The smallest absolute Gasteiger partial charge is 0.271 e. The molecule has 1 aromatic rings. The molecule has 2 rings (SSSR count). The molecular weight excluding hydrogens is 302 g/mol. The van der Waals surface area contributed by atoms with Crippen LogP contribution in [0.2, 0.25) is 0 Å². The number of non-ortho nitro benzene ring substituents is 1. The lowest BCUT2D eigenvalue weighted by Crippen LogP contribution is -2.31. The van der Waals surface area contributed by atoms with Gasteiger partial charge in [0.25, 0.3) is 11.6 Å². The Morgan fingerprint density at radius 2 is 2.22 bits per heavy atom. The third-order valence-electron chi connectivity index (χ3n) is 2.85. The fourth-order valence-electron chi connectivity index (χ4n) is 1.96. The molecule has 1 saturated heterocycles. The van der Waals surface area contributed by atoms with Gasteiger partial charge in [-0.3, -0.25) is 14.9 Å². The highest BCUT2D eigenvalue weighted by atomic mass is 79.9. The van der Waals surface area contributed by atoms with Crippen LogP contribution in [0.1, 0.15) is 16.8 Å². The van der Waals surface area contributed by atoms with Crippen LogP contribution in [-0.2, 0) is 0 Å². The van der Waals surface area contributed by atoms with Crippen molar-refractivity contribution in [1.29, 1.82) is 0 Å². The summed E-state index contributed by atoms with van der Waals surface area (Å²) in [5, 5.41) is 10.7. The highest BCUT2D eigenvalue weighted by Gasteiger charge is 2.25. The van der Waals surface area contributed by atoms with Gasteiger partial charge in [0.1, 0.15) is 0 Å². The van der Waals surface area contributed by atoms with Gasteiger partial charge in [0.05, 0.1) is 4.92 Å². The first-order valence-electron chi connectivity index (χ1n) is 5.47. The Hall–Kier alpha value is -1.47. The number of amides is 1. The minimum atomic E-state index is -0.517. The minimum absolute atomic E-state index is 0.00362. The van der Waals surface area contributed by atoms with E-state index in [1.807, 2.05) is 0 Å². The molecule has 0 aromatic heterocycles. The number of hydrogen-bond acceptors (Lipinski definition) is 4. The number of nitro groups is 1. The van der Waals surface area contributed by atoms with Crippen molar-refractivity contribution in [2.24, 2.45) is 5.73 Å². The number of nitrogens with zero attached hydrogens (tertiary/aromatic N) is 2. The van der Waals surface area contributed by atoms with E-state index in [1.165, 1.54) is 12.1 Å². The van der Waals surface area contributed by atoms with Crippen molar-refractivity contribution >= 4 is 27.5 Å². The molecule has 0 bridgehead atoms. The van der Waals surface area contributed by atoms with Gasteiger partial charge in [-0.05, 0) is 12.5 Å². The molecule has 0 saturated carbocycles. The number of carbonyl (C=O) groups is 1. The molecule has 1 aromatic carbocycles. The maximum absolute atomic E-state index is 12.1. The second-order valence-corrected chi connectivity index (χ2v) is 5.17. The lowest BCUT2D eigenvalue weighted by Gasteiger charge is -2.15. The molecule has 1 heterocycles. The summed E-state index contributed by atoms with van der Waals surface area (Å²) in [4.78, 5) is 24.0. The maximum atomic E-state index is 12.1. The average Bonchev–Trinajstić information content (AvgIpc) is 2.74. The summed E-state index contributed by atoms with van der Waals surface area (Å²) in [6.45, 7) is 1.10. The first kappa shape index (κ1) is 13.0. The molecule has 6 nitrogen and oxygen atoms in total. The second kappa shape index (κ2) is 5.03. The van der Waals surface area contributed by atoms with Crippen LogP contribution in [0.25, 0.3) is 0 Å². The predicted octanol–water partition coefficient (Wildman–Crippen LogP) is 1.53. The zero-order chi connectivity index (χ0) is 13.3. The molecule has 7 heteroatoms. The second-order valence-electron chi connectivity index (χ2n) is 4.26. The van der Waals surface area contributed by atoms with Gasteiger partial charge >= 0.3 is 0 Å². The van der Waals surface area contributed by atoms with E-state index in [-0.39, 0.29) is 17.6 Å². The summed E-state index contributed by atoms with van der Waals surface area (Å²) >= 11 is 3.17. The van der Waals surface area contributed by atoms with E-state index in [2.05, 4.69) is 15.9 Å². The molecule has 1 aliphatic heterocycles. The summed E-state index contributed by atoms with van der Waals surface area (Å²) in [7, 11) is 0. The Bertz CT molecular complexity index is 506. The summed E-state index contributed by atoms with van der Waals surface area (Å²) in [5.74, 6) is -0.215. The van der Waals surface area contributed by atoms with E-state index in [9.17, 15) is 14.9 Å². The standard InChI is InChI=1S/C11H12BrN3O3/c12-8-3-7(4-10(5-8)15(17)18)11(16)14-2-1-9(13)6-14/h3-5,9H,1-2,6,13H2/t9-/m0/s1. The summed E-state index contributed by atoms with van der Waals surface area (Å²) < 4.78 is 0.517. The van der Waals surface area contributed by atoms with Gasteiger partial charge in [-0.2, -0.15) is 0 Å². The zero-order valence-electron chi connectivity index (χ0n) is 9.51. The van der Waals surface area contributed by atoms with Crippen LogP contribution in [0.3, 0.4) is 0 Å². The summed E-state index contributed by atoms with van der Waals surface area (Å²) in [6.07, 6.45) is 0.766. The first-order chi connectivity index (χ1) is 8.47. The monoisotopic (exact) mass is 313 g/mol. The van der Waals surface area contributed by atoms with E-state index < -0.39 is 4.92 Å². The van der Waals surface area contributed by atoms with Crippen molar-refractivity contribution in [3.63, 3.8) is 0 Å². The van der Waals surface area contributed by atoms with E-state index in [1.54, 1.807) is 11.0 Å². The van der Waals surface area contributed by atoms with Gasteiger partial charge in [-0.1, -0.05) is 15.9 Å². The van der Waals surface area contributed by atoms with Gasteiger partial charge in [0, 0.05) is 41.3 Å². The molecule has 18 heavy (non-hydrogen) atoms. The third-order valence-corrected chi connectivity index (χ3v) is 3.31. The van der Waals surface area contributed by atoms with Crippen molar-refractivity contribution < 1.29 is 9.72 Å². The fourth-order valence-corrected chi connectivity index (χ4v) is 2.44. The number of likely N-dealkylation sites (tertiary alicyclic amines) is 1. The van der Waals surface area contributed by atoms with Crippen LogP contribution in [-0.4, -0.2) is 34.9 Å². The number of hydrogen-bond donors (Lipinski definition) is 1. The Labute approximate surface area is 112 Å². The van der Waals surface area contributed by atoms with E-state index in [4.69, 9.17) is 5.73 Å². The number of benzene rings is 1. The predicted molar refractivity (Wildman–Crippen MR) is 69.3 cm³/mol. The SMILES string of the molecule is N[C@H]1CCN(C(=O)c2cc(Br)cc([N+](=O)[O-])c2)C1. The summed E-state index contributed by atoms with van der Waals surface area (Å²) in [5.41, 5.74) is 5.95. The topological polar surface area (TPSA) is 89.5 Å². The van der Waals surface area contributed by atoms with Crippen LogP contribution in [0.4, 0.5) is 5.69 Å². The van der Waals surface area contributed by atoms with Gasteiger partial charge in [0.2, 0.25) is 0 Å². The number of nitrogens with two attached hydrogens (primary N) is 1. The van der Waals surface area contributed by atoms with Crippen molar-refractivity contribution in [2.75, 3.05) is 13.1 Å². The van der Waals surface area contributed by atoms with Gasteiger partial charge in [-0.15, -0.1) is 0 Å². The molecular formula is C11H12BrN3O3. The first-order valence-corrected chi connectivity index (χ1v) is 6.26. The van der Waals surface area contributed by atoms with Gasteiger partial charge in [-0.25, -0.2) is 0 Å².